The highest BCUT2D eigenvalue weighted by Gasteiger charge is 2.39. The number of nitrogens with zero attached hydrogens (tertiary/aromatic N) is 3. The molecule has 0 unspecified atom stereocenters. The Labute approximate surface area is 326 Å². The Bertz CT molecular complexity index is 1830. The molecule has 2 aliphatic heterocycles. The quantitative estimate of drug-likeness (QED) is 0.122. The number of para-hydroxylation sites is 1. The maximum atomic E-state index is 13.6. The molecule has 5 rings (SSSR count). The lowest BCUT2D eigenvalue weighted by molar-refractivity contribution is -0.143. The van der Waals surface area contributed by atoms with Gasteiger partial charge in [0.1, 0.15) is 0 Å². The molecule has 1 aromatic heterocycles. The average Bonchev–Trinajstić information content (AvgIpc) is 3.55. The number of carboxylic acids is 4. The van der Waals surface area contributed by atoms with Gasteiger partial charge in [0.15, 0.2) is 0 Å². The number of benzene rings is 2. The van der Waals surface area contributed by atoms with Gasteiger partial charge in [0.2, 0.25) is 0 Å². The lowest BCUT2D eigenvalue weighted by atomic mass is 9.98. The first-order valence-corrected chi connectivity index (χ1v) is 18.4. The van der Waals surface area contributed by atoms with Crippen LogP contribution >= 0.6 is 11.8 Å². The van der Waals surface area contributed by atoms with Crippen molar-refractivity contribution in [2.45, 2.75) is 31.2 Å². The summed E-state index contributed by atoms with van der Waals surface area (Å²) in [5.74, 6) is -3.60. The van der Waals surface area contributed by atoms with Gasteiger partial charge in [0, 0.05) is 97.2 Å². The summed E-state index contributed by atoms with van der Waals surface area (Å²) in [6, 6.07) is 8.37. The molecular formula is C37H40F6N4O9S. The minimum absolute atomic E-state index is 0.0547. The van der Waals surface area contributed by atoms with Crippen LogP contribution in [0, 0.1) is 0 Å². The number of rotatable bonds is 11. The molecule has 1 amide bonds. The first kappa shape index (κ1) is 46.0. The predicted molar refractivity (Wildman–Crippen MR) is 197 cm³/mol. The van der Waals surface area contributed by atoms with Crippen molar-refractivity contribution >= 4 is 52.4 Å². The Morgan fingerprint density at radius 3 is 1.74 bits per heavy atom. The van der Waals surface area contributed by atoms with Crippen molar-refractivity contribution < 1.29 is 70.7 Å². The Morgan fingerprint density at radius 1 is 0.719 bits per heavy atom. The number of hydrogen-bond donors (Lipinski definition) is 5. The minimum Gasteiger partial charge on any atom is -0.478 e. The topological polar surface area (TPSA) is 192 Å². The number of carboxylic acid groups (broad SMARTS) is 4. The zero-order valence-electron chi connectivity index (χ0n) is 30.1. The maximum Gasteiger partial charge on any atom is 0.416 e. The Kier molecular flexibility index (Phi) is 17.2. The van der Waals surface area contributed by atoms with E-state index in [4.69, 9.17) is 20.4 Å². The van der Waals surface area contributed by atoms with Crippen LogP contribution in [-0.4, -0.2) is 133 Å². The fourth-order valence-electron chi connectivity index (χ4n) is 5.99. The SMILES string of the molecule is O=C(O)/C=C\C(=O)O.O=C(O)/C=C\C(=O)O.O=C(c1cc(C(F)(F)F)cc(C(F)(F)F)c1)N1CCN(CCCN2CCSCC2)C[C@H]1Cc1c[nH]c2ccccc12. The van der Waals surface area contributed by atoms with Gasteiger partial charge in [0.25, 0.3) is 5.91 Å². The van der Waals surface area contributed by atoms with Gasteiger partial charge in [-0.25, -0.2) is 19.2 Å². The number of piperazine rings is 1. The fourth-order valence-corrected chi connectivity index (χ4v) is 6.97. The Morgan fingerprint density at radius 2 is 1.23 bits per heavy atom. The van der Waals surface area contributed by atoms with Crippen LogP contribution in [0.3, 0.4) is 0 Å². The summed E-state index contributed by atoms with van der Waals surface area (Å²) in [6.45, 7) is 5.09. The van der Waals surface area contributed by atoms with E-state index in [9.17, 15) is 50.3 Å². The summed E-state index contributed by atoms with van der Waals surface area (Å²) in [5, 5.41) is 32.2. The fraction of sp³-hybridized carbons (Fsp3) is 0.378. The zero-order valence-corrected chi connectivity index (χ0v) is 30.9. The number of aliphatic carboxylic acids is 4. The van der Waals surface area contributed by atoms with E-state index >= 15 is 0 Å². The van der Waals surface area contributed by atoms with Crippen LogP contribution in [0.4, 0.5) is 26.3 Å². The van der Waals surface area contributed by atoms with E-state index in [2.05, 4.69) is 14.8 Å². The molecule has 57 heavy (non-hydrogen) atoms. The molecule has 3 aromatic rings. The number of nitrogens with one attached hydrogen (secondary N) is 1. The molecule has 0 spiro atoms. The second-order valence-electron chi connectivity index (χ2n) is 12.6. The molecule has 310 valence electrons. The van der Waals surface area contributed by atoms with Crippen molar-refractivity contribution in [2.75, 3.05) is 57.3 Å². The smallest absolute Gasteiger partial charge is 0.416 e. The second kappa shape index (κ2) is 21.3. The number of H-pyrrole nitrogens is 1. The number of fused-ring (bicyclic) bond motifs is 1. The molecule has 1 atom stereocenters. The van der Waals surface area contributed by atoms with Gasteiger partial charge in [-0.3, -0.25) is 9.69 Å². The van der Waals surface area contributed by atoms with Crippen molar-refractivity contribution in [3.8, 4) is 0 Å². The molecule has 0 bridgehead atoms. The molecule has 0 radical (unpaired) electrons. The third-order valence-corrected chi connectivity index (χ3v) is 9.52. The van der Waals surface area contributed by atoms with Crippen LogP contribution < -0.4 is 0 Å². The summed E-state index contributed by atoms with van der Waals surface area (Å²) in [7, 11) is 0. The highest BCUT2D eigenvalue weighted by Crippen LogP contribution is 2.37. The largest absolute Gasteiger partial charge is 0.478 e. The molecule has 2 aliphatic rings. The second-order valence-corrected chi connectivity index (χ2v) is 13.9. The predicted octanol–water partition coefficient (Wildman–Crippen LogP) is 5.44. The third-order valence-electron chi connectivity index (χ3n) is 8.58. The van der Waals surface area contributed by atoms with Crippen molar-refractivity contribution in [2.24, 2.45) is 0 Å². The highest BCUT2D eigenvalue weighted by molar-refractivity contribution is 7.99. The summed E-state index contributed by atoms with van der Waals surface area (Å²) in [5.41, 5.74) is -1.72. The Balaban J connectivity index is 0.000000457. The Hall–Kier alpha value is -5.34. The average molecular weight is 831 g/mol. The summed E-state index contributed by atoms with van der Waals surface area (Å²) in [6.07, 6.45) is -4.60. The molecule has 2 saturated heterocycles. The summed E-state index contributed by atoms with van der Waals surface area (Å²) < 4.78 is 81.1. The molecule has 5 N–H and O–H groups in total. The molecule has 0 aliphatic carbocycles. The van der Waals surface area contributed by atoms with Gasteiger partial charge in [-0.2, -0.15) is 38.1 Å². The van der Waals surface area contributed by atoms with E-state index in [1.54, 1.807) is 0 Å². The first-order valence-electron chi connectivity index (χ1n) is 17.2. The van der Waals surface area contributed by atoms with Crippen molar-refractivity contribution in [1.29, 1.82) is 0 Å². The number of carbonyl (C=O) groups excluding carboxylic acids is 1. The van der Waals surface area contributed by atoms with Crippen LogP contribution in [0.2, 0.25) is 0 Å². The number of carbonyl (C=O) groups is 5. The first-order chi connectivity index (χ1) is 26.7. The van der Waals surface area contributed by atoms with Crippen LogP contribution in [0.5, 0.6) is 0 Å². The van der Waals surface area contributed by atoms with Gasteiger partial charge in [-0.1, -0.05) is 18.2 Å². The van der Waals surface area contributed by atoms with Crippen LogP contribution in [-0.2, 0) is 38.0 Å². The number of halogens is 6. The molecule has 0 saturated carbocycles. The van der Waals surface area contributed by atoms with Crippen molar-refractivity contribution in [3.63, 3.8) is 0 Å². The lowest BCUT2D eigenvalue weighted by Gasteiger charge is -2.42. The number of aromatic amines is 1. The van der Waals surface area contributed by atoms with Crippen LogP contribution in [0.15, 0.2) is 73.0 Å². The number of aromatic nitrogens is 1. The van der Waals surface area contributed by atoms with Gasteiger partial charge in [-0.05, 0) is 55.8 Å². The van der Waals surface area contributed by atoms with E-state index in [0.717, 1.165) is 60.6 Å². The number of alkyl halides is 6. The number of thioether (sulfide) groups is 1. The molecule has 2 fully saturated rings. The van der Waals surface area contributed by atoms with Gasteiger partial charge < -0.3 is 35.2 Å². The van der Waals surface area contributed by atoms with Crippen molar-refractivity contribution in [3.05, 3.63) is 95.2 Å². The molecule has 20 heteroatoms. The number of hydrogen-bond acceptors (Lipinski definition) is 8. The van der Waals surface area contributed by atoms with Crippen LogP contribution in [0.1, 0.15) is 33.5 Å². The highest BCUT2D eigenvalue weighted by atomic mass is 32.2. The molecule has 3 heterocycles. The van der Waals surface area contributed by atoms with E-state index in [-0.39, 0.29) is 12.6 Å². The molecular weight excluding hydrogens is 790 g/mol. The lowest BCUT2D eigenvalue weighted by Crippen LogP contribution is -2.56. The van der Waals surface area contributed by atoms with E-state index < -0.39 is 64.9 Å². The van der Waals surface area contributed by atoms with E-state index in [1.807, 2.05) is 42.2 Å². The summed E-state index contributed by atoms with van der Waals surface area (Å²) in [4.78, 5) is 61.2. The number of amides is 1. The van der Waals surface area contributed by atoms with Gasteiger partial charge in [-0.15, -0.1) is 0 Å². The van der Waals surface area contributed by atoms with Gasteiger partial charge >= 0.3 is 36.2 Å². The maximum absolute atomic E-state index is 13.6. The van der Waals surface area contributed by atoms with Crippen molar-refractivity contribution in [1.82, 2.24) is 19.7 Å². The van der Waals surface area contributed by atoms with E-state index in [1.165, 1.54) is 4.90 Å². The monoisotopic (exact) mass is 830 g/mol. The molecule has 2 aromatic carbocycles. The zero-order chi connectivity index (χ0) is 42.3. The van der Waals surface area contributed by atoms with Gasteiger partial charge in [0.05, 0.1) is 11.1 Å². The third kappa shape index (κ3) is 15.6. The minimum atomic E-state index is -5.02. The standard InChI is InChI=1S/C29H32F6N4OS.2C4H4O4/c30-28(31,32)22-14-20(15-23(17-22)29(33,34)35)27(40)39-9-8-38(7-3-6-37-10-12-41-13-11-37)19-24(39)16-21-18-36-26-5-2-1-4-25(21)26;2*5-3(6)1-2-4(7)8/h1-2,4-5,14-15,17-18,24,36H,3,6-13,16,19H2;2*1-2H,(H,5,6)(H,7,8)/b;2*2-1-/t24-;;/m1../s1. The molecule has 13 nitrogen and oxygen atoms in total. The van der Waals surface area contributed by atoms with Crippen LogP contribution in [0.25, 0.3) is 10.9 Å². The summed E-state index contributed by atoms with van der Waals surface area (Å²) >= 11 is 1.95. The van der Waals surface area contributed by atoms with E-state index in [0.29, 0.717) is 55.9 Å². The normalized spacial score (nSPS) is 16.8.